The van der Waals surface area contributed by atoms with E-state index >= 15 is 0 Å². The molecule has 1 aliphatic heterocycles. The molecule has 5 heteroatoms. The van der Waals surface area contributed by atoms with Crippen LogP contribution in [0.3, 0.4) is 0 Å². The van der Waals surface area contributed by atoms with Crippen molar-refractivity contribution in [3.05, 3.63) is 30.1 Å². The third kappa shape index (κ3) is 1.59. The number of piperidine rings is 1. The third-order valence-corrected chi connectivity index (χ3v) is 3.40. The number of amides is 2. The van der Waals surface area contributed by atoms with E-state index in [-0.39, 0.29) is 17.7 Å². The molecule has 1 fully saturated rings. The molecule has 0 aliphatic carbocycles. The first-order chi connectivity index (χ1) is 8.66. The molecule has 1 unspecified atom stereocenters. The van der Waals surface area contributed by atoms with Crippen LogP contribution in [0.25, 0.3) is 11.0 Å². The van der Waals surface area contributed by atoms with Crippen LogP contribution < -0.4 is 5.32 Å². The number of benzene rings is 1. The van der Waals surface area contributed by atoms with Gasteiger partial charge in [-0.15, -0.1) is 0 Å². The summed E-state index contributed by atoms with van der Waals surface area (Å²) < 4.78 is 1.92. The molecule has 3 rings (SSSR count). The Balaban J connectivity index is 2.09. The van der Waals surface area contributed by atoms with Gasteiger partial charge in [-0.2, -0.15) is 0 Å². The van der Waals surface area contributed by atoms with Crippen molar-refractivity contribution in [2.45, 2.75) is 18.8 Å². The number of aromatic nitrogens is 2. The van der Waals surface area contributed by atoms with Gasteiger partial charge in [0.1, 0.15) is 0 Å². The summed E-state index contributed by atoms with van der Waals surface area (Å²) in [7, 11) is 1.92. The lowest BCUT2D eigenvalue weighted by Gasteiger charge is -2.21. The van der Waals surface area contributed by atoms with E-state index in [9.17, 15) is 9.59 Å². The van der Waals surface area contributed by atoms with Gasteiger partial charge in [0.05, 0.1) is 23.3 Å². The number of fused-ring (bicyclic) bond motifs is 1. The van der Waals surface area contributed by atoms with Gasteiger partial charge in [0.2, 0.25) is 11.8 Å². The van der Waals surface area contributed by atoms with Crippen LogP contribution in [-0.2, 0) is 16.6 Å². The zero-order valence-corrected chi connectivity index (χ0v) is 10.0. The quantitative estimate of drug-likeness (QED) is 0.763. The van der Waals surface area contributed by atoms with Gasteiger partial charge in [-0.1, -0.05) is 12.1 Å². The van der Waals surface area contributed by atoms with Crippen LogP contribution in [0.1, 0.15) is 24.3 Å². The molecule has 92 valence electrons. The second-order valence-corrected chi connectivity index (χ2v) is 4.57. The largest absolute Gasteiger partial charge is 0.334 e. The van der Waals surface area contributed by atoms with Crippen LogP contribution in [0.5, 0.6) is 0 Å². The number of para-hydroxylation sites is 1. The van der Waals surface area contributed by atoms with Crippen molar-refractivity contribution in [2.75, 3.05) is 0 Å². The molecule has 0 saturated carbocycles. The van der Waals surface area contributed by atoms with Crippen molar-refractivity contribution in [1.29, 1.82) is 0 Å². The Kier molecular flexibility index (Phi) is 2.40. The van der Waals surface area contributed by atoms with Crippen LogP contribution >= 0.6 is 0 Å². The number of carbonyl (C=O) groups is 2. The minimum absolute atomic E-state index is 0.190. The van der Waals surface area contributed by atoms with Crippen molar-refractivity contribution < 1.29 is 9.59 Å². The average molecular weight is 243 g/mol. The van der Waals surface area contributed by atoms with Crippen molar-refractivity contribution >= 4 is 22.8 Å². The molecule has 1 aliphatic rings. The van der Waals surface area contributed by atoms with Gasteiger partial charge in [-0.3, -0.25) is 14.9 Å². The summed E-state index contributed by atoms with van der Waals surface area (Å²) >= 11 is 0. The van der Waals surface area contributed by atoms with E-state index in [0.29, 0.717) is 12.8 Å². The van der Waals surface area contributed by atoms with E-state index in [0.717, 1.165) is 16.6 Å². The van der Waals surface area contributed by atoms with Gasteiger partial charge in [0.15, 0.2) is 0 Å². The summed E-state index contributed by atoms with van der Waals surface area (Å²) in [6.07, 6.45) is 2.68. The SMILES string of the molecule is Cn1cnc2c(C3CCC(=O)NC3=O)cccc21. The first kappa shape index (κ1) is 11.0. The van der Waals surface area contributed by atoms with Gasteiger partial charge >= 0.3 is 0 Å². The highest BCUT2D eigenvalue weighted by molar-refractivity contribution is 6.02. The van der Waals surface area contributed by atoms with Crippen molar-refractivity contribution in [3.8, 4) is 0 Å². The van der Waals surface area contributed by atoms with E-state index in [1.807, 2.05) is 29.8 Å². The fourth-order valence-electron chi connectivity index (χ4n) is 2.45. The molecule has 2 amide bonds. The molecule has 1 aromatic carbocycles. The molecule has 1 aromatic heterocycles. The zero-order chi connectivity index (χ0) is 12.7. The number of hydrogen-bond acceptors (Lipinski definition) is 3. The number of hydrogen-bond donors (Lipinski definition) is 1. The molecular formula is C13H13N3O2. The molecule has 0 spiro atoms. The summed E-state index contributed by atoms with van der Waals surface area (Å²) in [4.78, 5) is 27.4. The maximum Gasteiger partial charge on any atom is 0.234 e. The van der Waals surface area contributed by atoms with Gasteiger partial charge in [0.25, 0.3) is 0 Å². The highest BCUT2D eigenvalue weighted by atomic mass is 16.2. The molecule has 1 atom stereocenters. The Morgan fingerprint density at radius 1 is 1.39 bits per heavy atom. The number of aryl methyl sites for hydroxylation is 1. The number of rotatable bonds is 1. The van der Waals surface area contributed by atoms with Gasteiger partial charge in [-0.05, 0) is 18.1 Å². The lowest BCUT2D eigenvalue weighted by Crippen LogP contribution is -2.39. The molecule has 2 heterocycles. The number of nitrogens with one attached hydrogen (secondary N) is 1. The minimum Gasteiger partial charge on any atom is -0.334 e. The maximum absolute atomic E-state index is 11.9. The maximum atomic E-state index is 11.9. The smallest absolute Gasteiger partial charge is 0.234 e. The first-order valence-corrected chi connectivity index (χ1v) is 5.90. The van der Waals surface area contributed by atoms with E-state index < -0.39 is 0 Å². The first-order valence-electron chi connectivity index (χ1n) is 5.90. The van der Waals surface area contributed by atoms with Crippen molar-refractivity contribution in [3.63, 3.8) is 0 Å². The van der Waals surface area contributed by atoms with Crippen LogP contribution in [0.4, 0.5) is 0 Å². The Bertz CT molecular complexity index is 645. The predicted molar refractivity (Wildman–Crippen MR) is 65.8 cm³/mol. The Hall–Kier alpha value is -2.17. The Morgan fingerprint density at radius 3 is 3.00 bits per heavy atom. The molecular weight excluding hydrogens is 230 g/mol. The monoisotopic (exact) mass is 243 g/mol. The molecule has 5 nitrogen and oxygen atoms in total. The summed E-state index contributed by atoms with van der Waals surface area (Å²) in [5, 5.41) is 2.39. The Morgan fingerprint density at radius 2 is 2.22 bits per heavy atom. The highest BCUT2D eigenvalue weighted by Crippen LogP contribution is 2.29. The summed E-state index contributed by atoms with van der Waals surface area (Å²) in [6, 6.07) is 5.80. The fraction of sp³-hybridized carbons (Fsp3) is 0.308. The molecule has 18 heavy (non-hydrogen) atoms. The number of imidazole rings is 1. The lowest BCUT2D eigenvalue weighted by molar-refractivity contribution is -0.134. The minimum atomic E-state index is -0.277. The van der Waals surface area contributed by atoms with Crippen LogP contribution in [0.15, 0.2) is 24.5 Å². The molecule has 2 aromatic rings. The summed E-state index contributed by atoms with van der Waals surface area (Å²) in [6.45, 7) is 0. The molecule has 1 saturated heterocycles. The number of imide groups is 1. The number of nitrogens with zero attached hydrogens (tertiary/aromatic N) is 2. The third-order valence-electron chi connectivity index (χ3n) is 3.40. The van der Waals surface area contributed by atoms with Gasteiger partial charge in [0, 0.05) is 13.5 Å². The second kappa shape index (κ2) is 3.94. The van der Waals surface area contributed by atoms with E-state index in [2.05, 4.69) is 10.3 Å². The molecule has 0 radical (unpaired) electrons. The second-order valence-electron chi connectivity index (χ2n) is 4.57. The summed E-state index contributed by atoms with van der Waals surface area (Å²) in [5.41, 5.74) is 2.74. The average Bonchev–Trinajstić information content (AvgIpc) is 2.72. The molecule has 0 bridgehead atoms. The van der Waals surface area contributed by atoms with E-state index in [4.69, 9.17) is 0 Å². The van der Waals surface area contributed by atoms with Crippen molar-refractivity contribution in [1.82, 2.24) is 14.9 Å². The topological polar surface area (TPSA) is 64.0 Å². The number of carbonyl (C=O) groups excluding carboxylic acids is 2. The highest BCUT2D eigenvalue weighted by Gasteiger charge is 2.29. The van der Waals surface area contributed by atoms with Crippen LogP contribution in [-0.4, -0.2) is 21.4 Å². The standard InChI is InChI=1S/C13H13N3O2/c1-16-7-14-12-8(3-2-4-10(12)16)9-5-6-11(17)15-13(9)18/h2-4,7,9H,5-6H2,1H3,(H,15,17,18). The van der Waals surface area contributed by atoms with Gasteiger partial charge in [-0.25, -0.2) is 4.98 Å². The predicted octanol–water partition coefficient (Wildman–Crippen LogP) is 1.09. The Labute approximate surface area is 104 Å². The van der Waals surface area contributed by atoms with Crippen LogP contribution in [0, 0.1) is 0 Å². The molecule has 1 N–H and O–H groups in total. The summed E-state index contributed by atoms with van der Waals surface area (Å²) in [5.74, 6) is -0.685. The zero-order valence-electron chi connectivity index (χ0n) is 10.0. The van der Waals surface area contributed by atoms with Gasteiger partial charge < -0.3 is 4.57 Å². The van der Waals surface area contributed by atoms with Crippen molar-refractivity contribution in [2.24, 2.45) is 7.05 Å². The fourth-order valence-corrected chi connectivity index (χ4v) is 2.45. The van der Waals surface area contributed by atoms with E-state index in [1.54, 1.807) is 6.33 Å². The lowest BCUT2D eigenvalue weighted by atomic mass is 9.90. The van der Waals surface area contributed by atoms with Crippen LogP contribution in [0.2, 0.25) is 0 Å². The normalized spacial score (nSPS) is 20.2. The van der Waals surface area contributed by atoms with E-state index in [1.165, 1.54) is 0 Å².